The molecule has 0 bridgehead atoms. The van der Waals surface area contributed by atoms with Gasteiger partial charge < -0.3 is 4.74 Å². The molecule has 0 unspecified atom stereocenters. The monoisotopic (exact) mass is 299 g/mol. The Morgan fingerprint density at radius 3 is 2.95 bits per heavy atom. The number of carbonyl (C=O) groups is 1. The lowest BCUT2D eigenvalue weighted by Crippen LogP contribution is -2.07. The summed E-state index contributed by atoms with van der Waals surface area (Å²) >= 11 is 1.20. The molecular formula is C15H13N3O2S. The van der Waals surface area contributed by atoms with Crippen LogP contribution in [-0.4, -0.2) is 28.3 Å². The molecule has 0 aliphatic carbocycles. The second-order valence-electron chi connectivity index (χ2n) is 4.00. The molecule has 6 heteroatoms. The number of ether oxygens (including phenoxy) is 1. The van der Waals surface area contributed by atoms with E-state index in [0.717, 1.165) is 5.56 Å². The minimum Gasteiger partial charge on any atom is -0.465 e. The van der Waals surface area contributed by atoms with E-state index in [9.17, 15) is 4.79 Å². The molecule has 5 nitrogen and oxygen atoms in total. The van der Waals surface area contributed by atoms with E-state index in [4.69, 9.17) is 10.00 Å². The van der Waals surface area contributed by atoms with Crippen LogP contribution in [0.2, 0.25) is 0 Å². The summed E-state index contributed by atoms with van der Waals surface area (Å²) in [5.41, 5.74) is 2.02. The Morgan fingerprint density at radius 1 is 1.43 bits per heavy atom. The molecule has 0 saturated heterocycles. The molecule has 0 aliphatic rings. The molecule has 0 aliphatic heterocycles. The van der Waals surface area contributed by atoms with Crippen LogP contribution in [0.25, 0.3) is 11.3 Å². The first-order chi connectivity index (χ1) is 10.2. The highest BCUT2D eigenvalue weighted by Gasteiger charge is 2.11. The van der Waals surface area contributed by atoms with Gasteiger partial charge in [0, 0.05) is 18.0 Å². The van der Waals surface area contributed by atoms with Crippen molar-refractivity contribution in [2.75, 3.05) is 12.4 Å². The number of rotatable bonds is 5. The lowest BCUT2D eigenvalue weighted by atomic mass is 10.2. The third-order valence-electron chi connectivity index (χ3n) is 2.57. The van der Waals surface area contributed by atoms with Gasteiger partial charge in [0.2, 0.25) is 0 Å². The Morgan fingerprint density at radius 2 is 2.29 bits per heavy atom. The molecule has 21 heavy (non-hydrogen) atoms. The number of carbonyl (C=O) groups excluding carboxylic acids is 1. The van der Waals surface area contributed by atoms with Gasteiger partial charge >= 0.3 is 5.97 Å². The number of hydrogen-bond donors (Lipinski definition) is 0. The van der Waals surface area contributed by atoms with Crippen molar-refractivity contribution in [3.63, 3.8) is 0 Å². The molecule has 0 amide bonds. The minimum atomic E-state index is -0.319. The van der Waals surface area contributed by atoms with Crippen molar-refractivity contribution >= 4 is 17.7 Å². The lowest BCUT2D eigenvalue weighted by molar-refractivity contribution is -0.139. The number of thioether (sulfide) groups is 1. The summed E-state index contributed by atoms with van der Waals surface area (Å²) in [5.74, 6) is -0.189. The molecule has 0 spiro atoms. The van der Waals surface area contributed by atoms with Crippen molar-refractivity contribution in [1.82, 2.24) is 9.97 Å². The summed E-state index contributed by atoms with van der Waals surface area (Å²) in [5, 5.41) is 9.64. The van der Waals surface area contributed by atoms with Crippen molar-refractivity contribution < 1.29 is 9.53 Å². The average molecular weight is 299 g/mol. The Bertz CT molecular complexity index is 668. The fourth-order valence-corrected chi connectivity index (χ4v) is 2.41. The Labute approximate surface area is 127 Å². The van der Waals surface area contributed by atoms with Gasteiger partial charge in [-0.3, -0.25) is 9.78 Å². The van der Waals surface area contributed by atoms with Crippen LogP contribution in [-0.2, 0) is 9.53 Å². The van der Waals surface area contributed by atoms with Gasteiger partial charge in [0.25, 0.3) is 0 Å². The first-order valence-electron chi connectivity index (χ1n) is 6.34. The maximum Gasteiger partial charge on any atom is 0.316 e. The predicted molar refractivity (Wildman–Crippen MR) is 79.5 cm³/mol. The van der Waals surface area contributed by atoms with Crippen LogP contribution in [0.1, 0.15) is 12.5 Å². The van der Waals surface area contributed by atoms with E-state index in [1.807, 2.05) is 12.1 Å². The first kappa shape index (κ1) is 15.0. The van der Waals surface area contributed by atoms with Gasteiger partial charge in [-0.15, -0.1) is 0 Å². The van der Waals surface area contributed by atoms with E-state index in [-0.39, 0.29) is 11.7 Å². The van der Waals surface area contributed by atoms with Gasteiger partial charge in [0.15, 0.2) is 0 Å². The molecule has 0 saturated carbocycles. The van der Waals surface area contributed by atoms with Gasteiger partial charge in [0.1, 0.15) is 11.1 Å². The molecule has 106 valence electrons. The third-order valence-corrected chi connectivity index (χ3v) is 3.53. The topological polar surface area (TPSA) is 75.9 Å². The predicted octanol–water partition coefficient (Wildman–Crippen LogP) is 2.67. The van der Waals surface area contributed by atoms with Crippen molar-refractivity contribution in [1.29, 1.82) is 5.26 Å². The zero-order valence-electron chi connectivity index (χ0n) is 11.4. The summed E-state index contributed by atoms with van der Waals surface area (Å²) in [6, 6.07) is 9.25. The van der Waals surface area contributed by atoms with Crippen LogP contribution in [0, 0.1) is 11.3 Å². The first-order valence-corrected chi connectivity index (χ1v) is 7.33. The minimum absolute atomic E-state index is 0.131. The van der Waals surface area contributed by atoms with Gasteiger partial charge in [-0.2, -0.15) is 5.26 Å². The Balaban J connectivity index is 2.23. The number of pyridine rings is 2. The maximum atomic E-state index is 11.4. The highest BCUT2D eigenvalue weighted by atomic mass is 32.2. The average Bonchev–Trinajstić information content (AvgIpc) is 2.54. The van der Waals surface area contributed by atoms with E-state index in [2.05, 4.69) is 16.0 Å². The number of esters is 1. The van der Waals surface area contributed by atoms with Crippen LogP contribution in [0.3, 0.4) is 0 Å². The van der Waals surface area contributed by atoms with Crippen LogP contribution in [0.15, 0.2) is 41.7 Å². The molecule has 2 aromatic heterocycles. The molecule has 0 radical (unpaired) electrons. The van der Waals surface area contributed by atoms with E-state index in [0.29, 0.717) is 22.9 Å². The zero-order chi connectivity index (χ0) is 15.1. The number of hydrogen-bond acceptors (Lipinski definition) is 6. The van der Waals surface area contributed by atoms with E-state index >= 15 is 0 Å². The molecule has 2 rings (SSSR count). The van der Waals surface area contributed by atoms with Crippen molar-refractivity contribution in [2.45, 2.75) is 11.9 Å². The molecule has 2 heterocycles. The highest BCUT2D eigenvalue weighted by molar-refractivity contribution is 7.99. The molecule has 0 aromatic carbocycles. The van der Waals surface area contributed by atoms with Gasteiger partial charge in [-0.25, -0.2) is 4.98 Å². The summed E-state index contributed by atoms with van der Waals surface area (Å²) in [7, 11) is 0. The standard InChI is InChI=1S/C15H13N3O2S/c1-2-20-14(19)10-21-15-11(8-16)5-6-13(18-15)12-4-3-7-17-9-12/h3-7,9H,2,10H2,1H3. The summed E-state index contributed by atoms with van der Waals surface area (Å²) in [6.07, 6.45) is 3.39. The molecule has 0 fully saturated rings. The van der Waals surface area contributed by atoms with Crippen LogP contribution in [0.4, 0.5) is 0 Å². The number of nitriles is 1. The molecular weight excluding hydrogens is 286 g/mol. The van der Waals surface area contributed by atoms with Gasteiger partial charge in [0.05, 0.1) is 23.6 Å². The largest absolute Gasteiger partial charge is 0.465 e. The highest BCUT2D eigenvalue weighted by Crippen LogP contribution is 2.24. The SMILES string of the molecule is CCOC(=O)CSc1nc(-c2cccnc2)ccc1C#N. The molecule has 0 atom stereocenters. The Hall–Kier alpha value is -2.39. The fraction of sp³-hybridized carbons (Fsp3) is 0.200. The summed E-state index contributed by atoms with van der Waals surface area (Å²) < 4.78 is 4.87. The lowest BCUT2D eigenvalue weighted by Gasteiger charge is -2.06. The van der Waals surface area contributed by atoms with Crippen LogP contribution in [0.5, 0.6) is 0 Å². The fourth-order valence-electron chi connectivity index (χ4n) is 1.64. The molecule has 0 N–H and O–H groups in total. The zero-order valence-corrected chi connectivity index (χ0v) is 12.3. The second-order valence-corrected chi connectivity index (χ2v) is 4.96. The van der Waals surface area contributed by atoms with E-state index in [1.54, 1.807) is 31.5 Å². The van der Waals surface area contributed by atoms with Crippen molar-refractivity contribution in [2.24, 2.45) is 0 Å². The van der Waals surface area contributed by atoms with Crippen molar-refractivity contribution in [3.05, 3.63) is 42.2 Å². The second kappa shape index (κ2) is 7.41. The Kier molecular flexibility index (Phi) is 5.29. The quantitative estimate of drug-likeness (QED) is 0.624. The smallest absolute Gasteiger partial charge is 0.316 e. The van der Waals surface area contributed by atoms with Crippen molar-refractivity contribution in [3.8, 4) is 17.3 Å². The normalized spacial score (nSPS) is 9.90. The molecule has 2 aromatic rings. The van der Waals surface area contributed by atoms with Gasteiger partial charge in [-0.1, -0.05) is 11.8 Å². The van der Waals surface area contributed by atoms with Crippen LogP contribution < -0.4 is 0 Å². The summed E-state index contributed by atoms with van der Waals surface area (Å²) in [4.78, 5) is 19.9. The van der Waals surface area contributed by atoms with E-state index < -0.39 is 0 Å². The van der Waals surface area contributed by atoms with E-state index in [1.165, 1.54) is 11.8 Å². The number of nitrogens with zero attached hydrogens (tertiary/aromatic N) is 3. The third kappa shape index (κ3) is 4.04. The van der Waals surface area contributed by atoms with Gasteiger partial charge in [-0.05, 0) is 31.2 Å². The summed E-state index contributed by atoms with van der Waals surface area (Å²) in [6.45, 7) is 2.10. The van der Waals surface area contributed by atoms with Crippen LogP contribution >= 0.6 is 11.8 Å². The maximum absolute atomic E-state index is 11.4. The number of aromatic nitrogens is 2.